The number of methoxy groups -OCH3 is 1. The minimum absolute atomic E-state index is 0.128. The summed E-state index contributed by atoms with van der Waals surface area (Å²) >= 11 is 0. The van der Waals surface area contributed by atoms with Crippen molar-refractivity contribution in [2.75, 3.05) is 26.9 Å². The number of benzene rings is 1. The van der Waals surface area contributed by atoms with Crippen molar-refractivity contribution in [2.24, 2.45) is 5.41 Å². The molecule has 0 heterocycles. The number of aliphatic hydroxyl groups excluding tert-OH is 1. The van der Waals surface area contributed by atoms with E-state index in [0.717, 1.165) is 24.5 Å². The third kappa shape index (κ3) is 5.80. The molecule has 1 rings (SSSR count). The van der Waals surface area contributed by atoms with Gasteiger partial charge in [-0.25, -0.2) is 0 Å². The van der Waals surface area contributed by atoms with Crippen molar-refractivity contribution in [3.05, 3.63) is 24.3 Å². The van der Waals surface area contributed by atoms with Crippen LogP contribution in [0, 0.1) is 5.41 Å². The van der Waals surface area contributed by atoms with Gasteiger partial charge in [-0.1, -0.05) is 20.8 Å². The lowest BCUT2D eigenvalue weighted by Crippen LogP contribution is -2.42. The van der Waals surface area contributed by atoms with Gasteiger partial charge in [-0.05, 0) is 36.1 Å². The van der Waals surface area contributed by atoms with Crippen LogP contribution in [-0.2, 0) is 0 Å². The zero-order valence-corrected chi connectivity index (χ0v) is 13.0. The number of rotatable bonds is 8. The molecule has 1 aromatic carbocycles. The molecular weight excluding hydrogens is 254 g/mol. The summed E-state index contributed by atoms with van der Waals surface area (Å²) in [6, 6.07) is 7.84. The molecule has 0 spiro atoms. The van der Waals surface area contributed by atoms with E-state index < -0.39 is 0 Å². The van der Waals surface area contributed by atoms with Crippen molar-refractivity contribution >= 4 is 0 Å². The molecule has 0 aromatic heterocycles. The number of aliphatic hydroxyl groups is 1. The molecule has 4 nitrogen and oxygen atoms in total. The molecule has 1 aromatic rings. The first-order valence-corrected chi connectivity index (χ1v) is 7.08. The number of hydrogen-bond acceptors (Lipinski definition) is 4. The molecule has 4 heteroatoms. The topological polar surface area (TPSA) is 50.7 Å². The van der Waals surface area contributed by atoms with Crippen LogP contribution in [-0.4, -0.2) is 38.0 Å². The quantitative estimate of drug-likeness (QED) is 0.719. The Labute approximate surface area is 122 Å². The molecule has 114 valence electrons. The fraction of sp³-hybridized carbons (Fsp3) is 0.625. The summed E-state index contributed by atoms with van der Waals surface area (Å²) in [5.41, 5.74) is 0.128. The number of ether oxygens (including phenoxy) is 2. The molecule has 0 aliphatic rings. The summed E-state index contributed by atoms with van der Waals surface area (Å²) in [7, 11) is 1.65. The maximum Gasteiger partial charge on any atom is 0.119 e. The van der Waals surface area contributed by atoms with Crippen LogP contribution in [0.25, 0.3) is 0 Å². The molecule has 2 N–H and O–H groups in total. The van der Waals surface area contributed by atoms with Gasteiger partial charge in [0.05, 0.1) is 7.11 Å². The third-order valence-electron chi connectivity index (χ3n) is 3.28. The molecule has 0 aliphatic heterocycles. The molecule has 0 radical (unpaired) electrons. The van der Waals surface area contributed by atoms with E-state index in [1.807, 2.05) is 24.3 Å². The number of nitrogens with one attached hydrogen (secondary N) is 1. The van der Waals surface area contributed by atoms with Crippen LogP contribution in [0.2, 0.25) is 0 Å². The fourth-order valence-corrected chi connectivity index (χ4v) is 2.04. The van der Waals surface area contributed by atoms with Gasteiger partial charge in [0.2, 0.25) is 0 Å². The highest BCUT2D eigenvalue weighted by atomic mass is 16.5. The van der Waals surface area contributed by atoms with Crippen LogP contribution in [0.3, 0.4) is 0 Å². The van der Waals surface area contributed by atoms with E-state index >= 15 is 0 Å². The van der Waals surface area contributed by atoms with Gasteiger partial charge in [0.15, 0.2) is 0 Å². The predicted molar refractivity (Wildman–Crippen MR) is 81.4 cm³/mol. The Morgan fingerprint density at radius 1 is 1.15 bits per heavy atom. The van der Waals surface area contributed by atoms with Gasteiger partial charge in [0.25, 0.3) is 0 Å². The van der Waals surface area contributed by atoms with Crippen molar-refractivity contribution in [3.8, 4) is 11.5 Å². The Kier molecular flexibility index (Phi) is 6.82. The average molecular weight is 281 g/mol. The van der Waals surface area contributed by atoms with Gasteiger partial charge in [-0.15, -0.1) is 0 Å². The Morgan fingerprint density at radius 2 is 1.75 bits per heavy atom. The SMILES string of the molecule is COc1ccc(OCCNC(CCO)C(C)(C)C)cc1. The van der Waals surface area contributed by atoms with E-state index in [0.29, 0.717) is 6.61 Å². The maximum absolute atomic E-state index is 9.10. The molecule has 1 atom stereocenters. The lowest BCUT2D eigenvalue weighted by molar-refractivity contribution is 0.189. The van der Waals surface area contributed by atoms with Gasteiger partial charge in [0, 0.05) is 19.2 Å². The highest BCUT2D eigenvalue weighted by molar-refractivity contribution is 5.31. The Morgan fingerprint density at radius 3 is 2.25 bits per heavy atom. The molecule has 20 heavy (non-hydrogen) atoms. The van der Waals surface area contributed by atoms with Gasteiger partial charge in [-0.2, -0.15) is 0 Å². The van der Waals surface area contributed by atoms with E-state index in [-0.39, 0.29) is 18.1 Å². The van der Waals surface area contributed by atoms with E-state index in [9.17, 15) is 0 Å². The van der Waals surface area contributed by atoms with Crippen LogP contribution in [0.1, 0.15) is 27.2 Å². The van der Waals surface area contributed by atoms with Crippen LogP contribution >= 0.6 is 0 Å². The first kappa shape index (κ1) is 16.8. The monoisotopic (exact) mass is 281 g/mol. The Bertz CT molecular complexity index is 370. The van der Waals surface area contributed by atoms with Crippen LogP contribution in [0.15, 0.2) is 24.3 Å². The van der Waals surface area contributed by atoms with Crippen molar-refractivity contribution in [1.29, 1.82) is 0 Å². The Balaban J connectivity index is 2.32. The van der Waals surface area contributed by atoms with Crippen LogP contribution in [0.5, 0.6) is 11.5 Å². The molecule has 0 bridgehead atoms. The summed E-state index contributed by atoms with van der Waals surface area (Å²) in [5, 5.41) is 12.5. The van der Waals surface area contributed by atoms with E-state index in [4.69, 9.17) is 14.6 Å². The molecule has 0 aliphatic carbocycles. The average Bonchev–Trinajstić information content (AvgIpc) is 2.41. The molecule has 1 unspecified atom stereocenters. The van der Waals surface area contributed by atoms with Gasteiger partial charge in [0.1, 0.15) is 18.1 Å². The molecule has 0 amide bonds. The predicted octanol–water partition coefficient (Wildman–Crippen LogP) is 2.46. The minimum Gasteiger partial charge on any atom is -0.497 e. The first-order valence-electron chi connectivity index (χ1n) is 7.08. The highest BCUT2D eigenvalue weighted by Gasteiger charge is 2.23. The lowest BCUT2D eigenvalue weighted by Gasteiger charge is -2.31. The summed E-state index contributed by atoms with van der Waals surface area (Å²) in [4.78, 5) is 0. The fourth-order valence-electron chi connectivity index (χ4n) is 2.04. The normalized spacial score (nSPS) is 13.1. The molecular formula is C16H27NO3. The van der Waals surface area contributed by atoms with Crippen molar-refractivity contribution < 1.29 is 14.6 Å². The van der Waals surface area contributed by atoms with E-state index in [2.05, 4.69) is 26.1 Å². The third-order valence-corrected chi connectivity index (χ3v) is 3.28. The van der Waals surface area contributed by atoms with Gasteiger partial charge < -0.3 is 19.9 Å². The zero-order chi connectivity index (χ0) is 15.0. The molecule has 0 saturated heterocycles. The summed E-state index contributed by atoms with van der Waals surface area (Å²) < 4.78 is 10.8. The first-order chi connectivity index (χ1) is 9.47. The maximum atomic E-state index is 9.10. The second kappa shape index (κ2) is 8.12. The van der Waals surface area contributed by atoms with Crippen LogP contribution < -0.4 is 14.8 Å². The molecule has 0 saturated carbocycles. The number of hydrogen-bond donors (Lipinski definition) is 2. The largest absolute Gasteiger partial charge is 0.497 e. The summed E-state index contributed by atoms with van der Waals surface area (Å²) in [5.74, 6) is 1.66. The van der Waals surface area contributed by atoms with Crippen molar-refractivity contribution in [1.82, 2.24) is 5.32 Å². The highest BCUT2D eigenvalue weighted by Crippen LogP contribution is 2.21. The minimum atomic E-state index is 0.128. The molecule has 0 fully saturated rings. The smallest absolute Gasteiger partial charge is 0.119 e. The second-order valence-electron chi connectivity index (χ2n) is 5.91. The van der Waals surface area contributed by atoms with Crippen molar-refractivity contribution in [2.45, 2.75) is 33.2 Å². The van der Waals surface area contributed by atoms with Crippen molar-refractivity contribution in [3.63, 3.8) is 0 Å². The van der Waals surface area contributed by atoms with Crippen LogP contribution in [0.4, 0.5) is 0 Å². The van der Waals surface area contributed by atoms with E-state index in [1.165, 1.54) is 0 Å². The van der Waals surface area contributed by atoms with Gasteiger partial charge >= 0.3 is 0 Å². The lowest BCUT2D eigenvalue weighted by atomic mass is 9.85. The standard InChI is InChI=1S/C16H27NO3/c1-16(2,3)15(9-11-18)17-10-12-20-14-7-5-13(19-4)6-8-14/h5-8,15,17-18H,9-12H2,1-4H3. The van der Waals surface area contributed by atoms with Gasteiger partial charge in [-0.3, -0.25) is 0 Å². The summed E-state index contributed by atoms with van der Waals surface area (Å²) in [6.07, 6.45) is 0.756. The second-order valence-corrected chi connectivity index (χ2v) is 5.91. The van der Waals surface area contributed by atoms with E-state index in [1.54, 1.807) is 7.11 Å². The Hall–Kier alpha value is -1.26. The zero-order valence-electron chi connectivity index (χ0n) is 13.0. The summed E-state index contributed by atoms with van der Waals surface area (Å²) in [6.45, 7) is 8.08.